The van der Waals surface area contributed by atoms with Crippen LogP contribution in [0.3, 0.4) is 0 Å². The lowest BCUT2D eigenvalue weighted by Crippen LogP contribution is -3.14. The van der Waals surface area contributed by atoms with Crippen LogP contribution in [0.25, 0.3) is 0 Å². The summed E-state index contributed by atoms with van der Waals surface area (Å²) in [4.78, 5) is 4.14. The molecule has 0 fully saturated rings. The zero-order chi connectivity index (χ0) is 14.5. The van der Waals surface area contributed by atoms with Gasteiger partial charge in [-0.1, -0.05) is 6.07 Å². The van der Waals surface area contributed by atoms with Gasteiger partial charge in [0.15, 0.2) is 6.04 Å². The van der Waals surface area contributed by atoms with Gasteiger partial charge in [-0.25, -0.2) is 0 Å². The van der Waals surface area contributed by atoms with E-state index in [4.69, 9.17) is 0 Å². The Hall–Kier alpha value is -1.06. The van der Waals surface area contributed by atoms with Crippen molar-refractivity contribution in [1.82, 2.24) is 0 Å². The van der Waals surface area contributed by atoms with Crippen molar-refractivity contribution in [2.24, 2.45) is 0 Å². The first kappa shape index (κ1) is 15.3. The van der Waals surface area contributed by atoms with E-state index in [1.165, 1.54) is 25.3 Å². The molecule has 20 heavy (non-hydrogen) atoms. The summed E-state index contributed by atoms with van der Waals surface area (Å²) in [5, 5.41) is 2.48. The highest BCUT2D eigenvalue weighted by atomic mass is 15.2. The number of fused-ring (bicyclic) bond motifs is 1. The SMILES string of the molecule is CCN(CC)c1ccc2c(c1)C[NH2+]C[C@H]2[NH+](CC)CC. The summed E-state index contributed by atoms with van der Waals surface area (Å²) in [5.74, 6) is 0. The molecule has 0 saturated heterocycles. The number of likely N-dealkylation sites (N-methyl/N-ethyl adjacent to an activating group) is 1. The number of quaternary nitrogens is 2. The average molecular weight is 277 g/mol. The summed E-state index contributed by atoms with van der Waals surface area (Å²) in [6.07, 6.45) is 0. The van der Waals surface area contributed by atoms with E-state index in [0.29, 0.717) is 6.04 Å². The third-order valence-electron chi connectivity index (χ3n) is 4.80. The lowest BCUT2D eigenvalue weighted by Gasteiger charge is -2.31. The first-order valence-corrected chi connectivity index (χ1v) is 8.29. The number of benzene rings is 1. The van der Waals surface area contributed by atoms with Crippen molar-refractivity contribution in [2.45, 2.75) is 40.3 Å². The molecule has 0 saturated carbocycles. The summed E-state index contributed by atoms with van der Waals surface area (Å²) in [6.45, 7) is 16.0. The fraction of sp³-hybridized carbons (Fsp3) is 0.647. The summed E-state index contributed by atoms with van der Waals surface area (Å²) in [6, 6.07) is 7.81. The molecule has 0 aromatic heterocycles. The molecular weight excluding hydrogens is 246 g/mol. The van der Waals surface area contributed by atoms with Crippen molar-refractivity contribution in [3.05, 3.63) is 29.3 Å². The number of nitrogens with zero attached hydrogens (tertiary/aromatic N) is 1. The van der Waals surface area contributed by atoms with Crippen LogP contribution < -0.4 is 15.1 Å². The topological polar surface area (TPSA) is 24.3 Å². The third-order valence-corrected chi connectivity index (χ3v) is 4.80. The molecule has 1 aromatic carbocycles. The maximum Gasteiger partial charge on any atom is 0.163 e. The van der Waals surface area contributed by atoms with E-state index < -0.39 is 0 Å². The number of nitrogens with one attached hydrogen (secondary N) is 1. The van der Waals surface area contributed by atoms with Crippen molar-refractivity contribution in [3.8, 4) is 0 Å². The minimum atomic E-state index is 0.666. The standard InChI is InChI=1S/C17H29N3/c1-5-19(6-2)15-9-10-16-14(11-15)12-18-13-17(16)20(7-3)8-4/h9-11,17-18H,5-8,12-13H2,1-4H3/p+2/t17-/m1/s1. The molecule has 0 radical (unpaired) electrons. The monoisotopic (exact) mass is 277 g/mol. The van der Waals surface area contributed by atoms with Gasteiger partial charge < -0.3 is 15.1 Å². The summed E-state index contributed by atoms with van der Waals surface area (Å²) in [7, 11) is 0. The first-order valence-electron chi connectivity index (χ1n) is 8.29. The van der Waals surface area contributed by atoms with Gasteiger partial charge in [0.1, 0.15) is 13.1 Å². The van der Waals surface area contributed by atoms with Crippen LogP contribution in [0.1, 0.15) is 44.9 Å². The molecule has 0 spiro atoms. The highest BCUT2D eigenvalue weighted by molar-refractivity contribution is 5.51. The van der Waals surface area contributed by atoms with Gasteiger partial charge in [-0.05, 0) is 39.8 Å². The van der Waals surface area contributed by atoms with Crippen LogP contribution in [-0.4, -0.2) is 32.7 Å². The van der Waals surface area contributed by atoms with Crippen molar-refractivity contribution in [3.63, 3.8) is 0 Å². The smallest absolute Gasteiger partial charge is 0.163 e. The second-order valence-corrected chi connectivity index (χ2v) is 5.70. The lowest BCUT2D eigenvalue weighted by atomic mass is 9.94. The molecule has 3 N–H and O–H groups in total. The highest BCUT2D eigenvalue weighted by Gasteiger charge is 2.30. The predicted octanol–water partition coefficient (Wildman–Crippen LogP) is 0.576. The number of hydrogen-bond acceptors (Lipinski definition) is 1. The largest absolute Gasteiger partial charge is 0.372 e. The van der Waals surface area contributed by atoms with Crippen molar-refractivity contribution < 1.29 is 10.2 Å². The van der Waals surface area contributed by atoms with Crippen LogP contribution >= 0.6 is 0 Å². The highest BCUT2D eigenvalue weighted by Crippen LogP contribution is 2.24. The van der Waals surface area contributed by atoms with E-state index >= 15 is 0 Å². The van der Waals surface area contributed by atoms with Crippen LogP contribution in [-0.2, 0) is 6.54 Å². The van der Waals surface area contributed by atoms with Gasteiger partial charge in [0.2, 0.25) is 0 Å². The third kappa shape index (κ3) is 2.99. The van der Waals surface area contributed by atoms with E-state index in [-0.39, 0.29) is 0 Å². The molecule has 0 aliphatic carbocycles. The Kier molecular flexibility index (Phi) is 5.44. The van der Waals surface area contributed by atoms with E-state index in [1.807, 2.05) is 0 Å². The summed E-state index contributed by atoms with van der Waals surface area (Å²) in [5.41, 5.74) is 4.52. The molecule has 0 amide bonds. The molecule has 1 heterocycles. The van der Waals surface area contributed by atoms with Crippen molar-refractivity contribution in [1.29, 1.82) is 0 Å². The Labute approximate surface area is 124 Å². The molecule has 2 rings (SSSR count). The van der Waals surface area contributed by atoms with Crippen LogP contribution in [0.5, 0.6) is 0 Å². The van der Waals surface area contributed by atoms with Crippen molar-refractivity contribution >= 4 is 5.69 Å². The number of anilines is 1. The van der Waals surface area contributed by atoms with Gasteiger partial charge in [0.05, 0.1) is 13.1 Å². The predicted molar refractivity (Wildman–Crippen MR) is 85.3 cm³/mol. The zero-order valence-corrected chi connectivity index (χ0v) is 13.6. The maximum atomic E-state index is 2.48. The van der Waals surface area contributed by atoms with Gasteiger partial charge in [0, 0.05) is 29.9 Å². The molecule has 1 aromatic rings. The fourth-order valence-corrected chi connectivity index (χ4v) is 3.56. The molecule has 112 valence electrons. The molecule has 0 unspecified atom stereocenters. The quantitative estimate of drug-likeness (QED) is 0.781. The number of hydrogen-bond donors (Lipinski definition) is 2. The summed E-state index contributed by atoms with van der Waals surface area (Å²) >= 11 is 0. The molecule has 1 aliphatic rings. The average Bonchev–Trinajstić information content (AvgIpc) is 2.49. The Morgan fingerprint density at radius 3 is 2.45 bits per heavy atom. The molecule has 0 bridgehead atoms. The summed E-state index contributed by atoms with van der Waals surface area (Å²) < 4.78 is 0. The van der Waals surface area contributed by atoms with E-state index in [9.17, 15) is 0 Å². The Morgan fingerprint density at radius 1 is 1.15 bits per heavy atom. The Bertz CT molecular complexity index is 422. The molecular formula is C17H31N3+2. The van der Waals surface area contributed by atoms with E-state index in [1.54, 1.807) is 16.0 Å². The molecule has 3 heteroatoms. The van der Waals surface area contributed by atoms with E-state index in [2.05, 4.69) is 56.1 Å². The minimum Gasteiger partial charge on any atom is -0.372 e. The van der Waals surface area contributed by atoms with Crippen LogP contribution in [0.15, 0.2) is 18.2 Å². The number of rotatable bonds is 6. The second kappa shape index (κ2) is 7.09. The van der Waals surface area contributed by atoms with Crippen LogP contribution in [0, 0.1) is 0 Å². The second-order valence-electron chi connectivity index (χ2n) is 5.70. The lowest BCUT2D eigenvalue weighted by molar-refractivity contribution is -0.945. The zero-order valence-electron chi connectivity index (χ0n) is 13.6. The van der Waals surface area contributed by atoms with Gasteiger partial charge in [0.25, 0.3) is 0 Å². The van der Waals surface area contributed by atoms with Crippen molar-refractivity contribution in [2.75, 3.05) is 37.6 Å². The van der Waals surface area contributed by atoms with Crippen LogP contribution in [0.4, 0.5) is 5.69 Å². The minimum absolute atomic E-state index is 0.666. The van der Waals surface area contributed by atoms with Gasteiger partial charge in [-0.2, -0.15) is 0 Å². The van der Waals surface area contributed by atoms with Gasteiger partial charge in [-0.15, -0.1) is 0 Å². The molecule has 1 atom stereocenters. The molecule has 3 nitrogen and oxygen atoms in total. The number of nitrogens with two attached hydrogens (primary N) is 1. The Balaban J connectivity index is 2.30. The van der Waals surface area contributed by atoms with Gasteiger partial charge in [-0.3, -0.25) is 0 Å². The normalized spacial score (nSPS) is 18.1. The Morgan fingerprint density at radius 2 is 1.85 bits per heavy atom. The van der Waals surface area contributed by atoms with Gasteiger partial charge >= 0.3 is 0 Å². The maximum absolute atomic E-state index is 2.48. The fourth-order valence-electron chi connectivity index (χ4n) is 3.56. The van der Waals surface area contributed by atoms with Crippen LogP contribution in [0.2, 0.25) is 0 Å². The van der Waals surface area contributed by atoms with E-state index in [0.717, 1.165) is 19.6 Å². The first-order chi connectivity index (χ1) is 9.74. The molecule has 1 aliphatic heterocycles.